The van der Waals surface area contributed by atoms with Crippen LogP contribution in [0.2, 0.25) is 0 Å². The topological polar surface area (TPSA) is 96.7 Å². The van der Waals surface area contributed by atoms with Crippen LogP contribution in [-0.2, 0) is 4.79 Å². The van der Waals surface area contributed by atoms with Crippen LogP contribution in [0.3, 0.4) is 0 Å². The first-order valence-corrected chi connectivity index (χ1v) is 2.55. The zero-order chi connectivity index (χ0) is 7.82. The van der Waals surface area contributed by atoms with Gasteiger partial charge in [-0.1, -0.05) is 5.21 Å². The van der Waals surface area contributed by atoms with Gasteiger partial charge in [0, 0.05) is 13.1 Å². The number of aromatic nitrogens is 3. The number of carbonyl (C=O) groups excluding carboxylic acids is 1. The summed E-state index contributed by atoms with van der Waals surface area (Å²) in [6, 6.07) is 0. The molecule has 6 nitrogen and oxygen atoms in total. The minimum atomic E-state index is -0.218. The van der Waals surface area contributed by atoms with E-state index in [2.05, 4.69) is 21.3 Å². The number of rotatable bonds is 0. The van der Waals surface area contributed by atoms with Gasteiger partial charge in [0.15, 0.2) is 0 Å². The molecule has 1 rings (SSSR count). The molecule has 1 amide bonds. The van der Waals surface area contributed by atoms with E-state index < -0.39 is 0 Å². The lowest BCUT2D eigenvalue weighted by atomic mass is 10.8. The maximum absolute atomic E-state index is 9.58. The molecular weight excluding hydrogens is 134 g/mol. The molecule has 0 spiro atoms. The molecule has 0 bridgehead atoms. The molecule has 56 valence electrons. The largest absolute Gasteiger partial charge is 0.295 e. The fourth-order valence-electron chi connectivity index (χ4n) is 0.167. The number of hydrazine groups is 1. The molecule has 0 radical (unpaired) electrons. The average Bonchev–Trinajstić information content (AvgIpc) is 2.43. The lowest BCUT2D eigenvalue weighted by molar-refractivity contribution is -0.119. The SMILES string of the molecule is CC(=O)NN.c1c[nH]nn1. The zero-order valence-corrected chi connectivity index (χ0v) is 5.53. The maximum Gasteiger partial charge on any atom is 0.230 e. The number of nitrogens with one attached hydrogen (secondary N) is 2. The monoisotopic (exact) mass is 143 g/mol. The van der Waals surface area contributed by atoms with E-state index in [0.717, 1.165) is 0 Å². The van der Waals surface area contributed by atoms with E-state index in [1.165, 1.54) is 6.92 Å². The Hall–Kier alpha value is -1.43. The van der Waals surface area contributed by atoms with Gasteiger partial charge in [-0.15, -0.1) is 5.10 Å². The van der Waals surface area contributed by atoms with Crippen molar-refractivity contribution in [1.29, 1.82) is 0 Å². The fourth-order valence-corrected chi connectivity index (χ4v) is 0.167. The first kappa shape index (κ1) is 8.57. The van der Waals surface area contributed by atoms with E-state index in [1.54, 1.807) is 12.4 Å². The number of hydrogen-bond acceptors (Lipinski definition) is 4. The molecule has 0 aliphatic carbocycles. The molecule has 0 saturated carbocycles. The quantitative estimate of drug-likeness (QED) is 0.241. The molecule has 0 aliphatic rings. The van der Waals surface area contributed by atoms with Gasteiger partial charge in [0.25, 0.3) is 0 Å². The molecule has 0 aliphatic heterocycles. The Kier molecular flexibility index (Phi) is 4.89. The van der Waals surface area contributed by atoms with E-state index >= 15 is 0 Å². The van der Waals surface area contributed by atoms with Gasteiger partial charge in [-0.05, 0) is 0 Å². The molecule has 4 N–H and O–H groups in total. The van der Waals surface area contributed by atoms with Crippen LogP contribution in [0.4, 0.5) is 0 Å². The minimum absolute atomic E-state index is 0.218. The van der Waals surface area contributed by atoms with Crippen molar-refractivity contribution >= 4 is 5.91 Å². The molecule has 0 fully saturated rings. The minimum Gasteiger partial charge on any atom is -0.295 e. The number of hydrogen-bond donors (Lipinski definition) is 3. The Bertz CT molecular complexity index is 143. The van der Waals surface area contributed by atoms with Gasteiger partial charge in [-0.3, -0.25) is 15.3 Å². The molecule has 1 aromatic rings. The molecule has 0 atom stereocenters. The molecule has 1 heterocycles. The van der Waals surface area contributed by atoms with Crippen molar-refractivity contribution in [1.82, 2.24) is 20.8 Å². The van der Waals surface area contributed by atoms with Gasteiger partial charge in [0.2, 0.25) is 5.91 Å². The Balaban J connectivity index is 0.000000162. The first-order chi connectivity index (χ1) is 4.77. The second kappa shape index (κ2) is 5.70. The highest BCUT2D eigenvalue weighted by Gasteiger charge is 1.73. The molecule has 10 heavy (non-hydrogen) atoms. The van der Waals surface area contributed by atoms with Crippen LogP contribution in [0.5, 0.6) is 0 Å². The maximum atomic E-state index is 9.58. The van der Waals surface area contributed by atoms with Gasteiger partial charge < -0.3 is 0 Å². The summed E-state index contributed by atoms with van der Waals surface area (Å²) in [6.45, 7) is 1.35. The number of aromatic amines is 1. The number of H-pyrrole nitrogens is 1. The lowest BCUT2D eigenvalue weighted by Crippen LogP contribution is -2.26. The Labute approximate surface area is 57.8 Å². The van der Waals surface area contributed by atoms with Crippen molar-refractivity contribution in [3.8, 4) is 0 Å². The van der Waals surface area contributed by atoms with Crippen LogP contribution in [-0.4, -0.2) is 21.3 Å². The molecule has 6 heteroatoms. The average molecular weight is 143 g/mol. The van der Waals surface area contributed by atoms with Crippen LogP contribution >= 0.6 is 0 Å². The highest BCUT2D eigenvalue weighted by molar-refractivity contribution is 5.71. The molecule has 0 aromatic carbocycles. The van der Waals surface area contributed by atoms with Gasteiger partial charge in [-0.2, -0.15) is 0 Å². The third-order valence-electron chi connectivity index (χ3n) is 0.534. The van der Waals surface area contributed by atoms with Gasteiger partial charge in [0.1, 0.15) is 0 Å². The van der Waals surface area contributed by atoms with Gasteiger partial charge >= 0.3 is 0 Å². The predicted octanol–water partition coefficient (Wildman–Crippen LogP) is -1.20. The molecule has 0 unspecified atom stereocenters. The summed E-state index contributed by atoms with van der Waals surface area (Å²) in [5.41, 5.74) is 1.89. The number of carbonyl (C=O) groups is 1. The third kappa shape index (κ3) is 6.57. The Morgan fingerprint density at radius 1 is 1.80 bits per heavy atom. The smallest absolute Gasteiger partial charge is 0.230 e. The second-order valence-corrected chi connectivity index (χ2v) is 1.36. The van der Waals surface area contributed by atoms with Crippen LogP contribution in [0, 0.1) is 0 Å². The molecule has 0 saturated heterocycles. The lowest BCUT2D eigenvalue weighted by Gasteiger charge is -1.80. The third-order valence-corrected chi connectivity index (χ3v) is 0.534. The van der Waals surface area contributed by atoms with E-state index in [0.29, 0.717) is 0 Å². The summed E-state index contributed by atoms with van der Waals surface area (Å²) in [4.78, 5) is 9.58. The van der Waals surface area contributed by atoms with E-state index in [-0.39, 0.29) is 5.91 Å². The number of nitrogens with two attached hydrogens (primary N) is 1. The molecule has 1 aromatic heterocycles. The fraction of sp³-hybridized carbons (Fsp3) is 0.250. The Morgan fingerprint density at radius 2 is 2.40 bits per heavy atom. The second-order valence-electron chi connectivity index (χ2n) is 1.36. The van der Waals surface area contributed by atoms with Crippen LogP contribution in [0.15, 0.2) is 12.4 Å². The normalized spacial score (nSPS) is 7.40. The summed E-state index contributed by atoms with van der Waals surface area (Å²) >= 11 is 0. The van der Waals surface area contributed by atoms with Gasteiger partial charge in [0.05, 0.1) is 6.20 Å². The van der Waals surface area contributed by atoms with Crippen LogP contribution in [0.25, 0.3) is 0 Å². The highest BCUT2D eigenvalue weighted by Crippen LogP contribution is 1.55. The summed E-state index contributed by atoms with van der Waals surface area (Å²) in [5, 5.41) is 9.26. The van der Waals surface area contributed by atoms with Crippen molar-refractivity contribution in [2.24, 2.45) is 5.84 Å². The van der Waals surface area contributed by atoms with E-state index in [4.69, 9.17) is 0 Å². The van der Waals surface area contributed by atoms with Crippen molar-refractivity contribution in [2.45, 2.75) is 6.92 Å². The number of amides is 1. The van der Waals surface area contributed by atoms with Crippen molar-refractivity contribution in [3.63, 3.8) is 0 Å². The summed E-state index contributed by atoms with van der Waals surface area (Å²) in [7, 11) is 0. The van der Waals surface area contributed by atoms with Crippen LogP contribution in [0.1, 0.15) is 6.92 Å². The summed E-state index contributed by atoms with van der Waals surface area (Å²) in [5.74, 6) is 4.35. The van der Waals surface area contributed by atoms with Crippen LogP contribution < -0.4 is 11.3 Å². The van der Waals surface area contributed by atoms with E-state index in [1.807, 2.05) is 5.43 Å². The number of nitrogens with zero attached hydrogens (tertiary/aromatic N) is 2. The van der Waals surface area contributed by atoms with Crippen molar-refractivity contribution < 1.29 is 4.79 Å². The predicted molar refractivity (Wildman–Crippen MR) is 34.4 cm³/mol. The zero-order valence-electron chi connectivity index (χ0n) is 5.53. The summed E-state index contributed by atoms with van der Waals surface area (Å²) in [6.07, 6.45) is 3.24. The van der Waals surface area contributed by atoms with Gasteiger partial charge in [-0.25, -0.2) is 5.84 Å². The standard InChI is InChI=1S/C2H3N3.C2H6N2O/c1-2-4-5-3-1;1-2(5)4-3/h1-2H,(H,3,4,5);3H2,1H3,(H,4,5). The van der Waals surface area contributed by atoms with Crippen molar-refractivity contribution in [3.05, 3.63) is 12.4 Å². The Morgan fingerprint density at radius 3 is 2.50 bits per heavy atom. The molecular formula is C4H9N5O. The first-order valence-electron chi connectivity index (χ1n) is 2.55. The van der Waals surface area contributed by atoms with Crippen molar-refractivity contribution in [2.75, 3.05) is 0 Å². The highest BCUT2D eigenvalue weighted by atomic mass is 16.2. The van der Waals surface area contributed by atoms with E-state index in [9.17, 15) is 4.79 Å². The summed E-state index contributed by atoms with van der Waals surface area (Å²) < 4.78 is 0.